The summed E-state index contributed by atoms with van der Waals surface area (Å²) in [6.45, 7) is 7.54. The second-order valence-corrected chi connectivity index (χ2v) is 10.5. The van der Waals surface area contributed by atoms with Crippen LogP contribution in [0.5, 0.6) is 0 Å². The maximum Gasteiger partial charge on any atom is 0.416 e. The number of halogens is 3. The summed E-state index contributed by atoms with van der Waals surface area (Å²) in [7, 11) is 0. The fourth-order valence-electron chi connectivity index (χ4n) is 5.35. The fraction of sp³-hybridized carbons (Fsp3) is 0.364. The Morgan fingerprint density at radius 3 is 2.16 bits per heavy atom. The van der Waals surface area contributed by atoms with Gasteiger partial charge in [0.15, 0.2) is 0 Å². The van der Waals surface area contributed by atoms with E-state index in [1.165, 1.54) is 12.1 Å². The summed E-state index contributed by atoms with van der Waals surface area (Å²) in [6.07, 6.45) is -1.28. The predicted molar refractivity (Wildman–Crippen MR) is 159 cm³/mol. The number of hydrogen-bond donors (Lipinski definition) is 1. The number of carbonyl (C=O) groups is 3. The minimum atomic E-state index is -4.61. The first-order valence-electron chi connectivity index (χ1n) is 14.4. The number of rotatable bonds is 9. The number of esters is 2. The lowest BCUT2D eigenvalue weighted by molar-refractivity contribution is -0.140. The van der Waals surface area contributed by atoms with Gasteiger partial charge in [-0.25, -0.2) is 9.59 Å². The van der Waals surface area contributed by atoms with Crippen LogP contribution in [0.25, 0.3) is 6.08 Å². The molecule has 1 atom stereocenters. The molecule has 1 saturated heterocycles. The third-order valence-corrected chi connectivity index (χ3v) is 7.57. The number of dihydropyridines is 1. The van der Waals surface area contributed by atoms with Crippen LogP contribution in [0.3, 0.4) is 0 Å². The molecule has 1 N–H and O–H groups in total. The van der Waals surface area contributed by atoms with Gasteiger partial charge in [0, 0.05) is 50.2 Å². The number of nitrogens with zero attached hydrogens (tertiary/aromatic N) is 2. The Morgan fingerprint density at radius 2 is 1.55 bits per heavy atom. The van der Waals surface area contributed by atoms with E-state index < -0.39 is 29.6 Å². The average molecular weight is 612 g/mol. The molecule has 1 unspecified atom stereocenters. The molecule has 2 heterocycles. The van der Waals surface area contributed by atoms with Gasteiger partial charge in [0.2, 0.25) is 5.91 Å². The van der Waals surface area contributed by atoms with Crippen LogP contribution in [0.15, 0.2) is 83.2 Å². The number of nitrogens with one attached hydrogen (secondary N) is 1. The fourth-order valence-corrected chi connectivity index (χ4v) is 5.35. The summed E-state index contributed by atoms with van der Waals surface area (Å²) in [4.78, 5) is 42.9. The highest BCUT2D eigenvalue weighted by molar-refractivity contribution is 6.00. The van der Waals surface area contributed by atoms with Gasteiger partial charge in [-0.2, -0.15) is 13.2 Å². The standard InChI is InChI=1S/C33H36F3N3O5/c1-4-43-31(41)28-22(2)37-23(3)29(30(28)25-11-8-12-26(21-25)33(34,35)36)32(42)44-20-19-38-15-17-39(18-16-38)27(40)14-13-24-9-6-5-7-10-24/h5-14,21,30,37H,4,15-20H2,1-3H3/b14-13+. The molecule has 11 heteroatoms. The molecule has 0 saturated carbocycles. The van der Waals surface area contributed by atoms with Crippen LogP contribution < -0.4 is 5.32 Å². The second-order valence-electron chi connectivity index (χ2n) is 10.5. The Hall–Kier alpha value is -4.38. The van der Waals surface area contributed by atoms with Crippen LogP contribution in [0.1, 0.15) is 43.4 Å². The quantitative estimate of drug-likeness (QED) is 0.319. The van der Waals surface area contributed by atoms with Gasteiger partial charge in [-0.1, -0.05) is 48.5 Å². The number of hydrogen-bond acceptors (Lipinski definition) is 7. The zero-order valence-electron chi connectivity index (χ0n) is 24.9. The SMILES string of the molecule is CCOC(=O)C1=C(C)NC(C)=C(C(=O)OCCN2CCN(C(=O)/C=C/c3ccccc3)CC2)C1c1cccc(C(F)(F)F)c1. The molecule has 2 aromatic rings. The highest BCUT2D eigenvalue weighted by Crippen LogP contribution is 2.41. The number of benzene rings is 2. The number of allylic oxidation sites excluding steroid dienone is 2. The van der Waals surface area contributed by atoms with Crippen molar-refractivity contribution in [2.45, 2.75) is 32.9 Å². The van der Waals surface area contributed by atoms with Gasteiger partial charge in [0.1, 0.15) is 6.61 Å². The minimum Gasteiger partial charge on any atom is -0.463 e. The number of piperazine rings is 1. The second kappa shape index (κ2) is 14.4. The van der Waals surface area contributed by atoms with Crippen molar-refractivity contribution in [3.05, 3.63) is 99.9 Å². The van der Waals surface area contributed by atoms with Crippen LogP contribution in [0, 0.1) is 0 Å². The molecule has 234 valence electrons. The molecule has 0 radical (unpaired) electrons. The van der Waals surface area contributed by atoms with Crippen molar-refractivity contribution < 1.29 is 37.0 Å². The van der Waals surface area contributed by atoms with Crippen molar-refractivity contribution in [3.63, 3.8) is 0 Å². The third-order valence-electron chi connectivity index (χ3n) is 7.57. The Labute approximate surface area is 254 Å². The number of ether oxygens (including phenoxy) is 2. The lowest BCUT2D eigenvalue weighted by atomic mass is 9.80. The van der Waals surface area contributed by atoms with Crippen LogP contribution in [0.4, 0.5) is 13.2 Å². The van der Waals surface area contributed by atoms with Gasteiger partial charge in [-0.3, -0.25) is 9.69 Å². The smallest absolute Gasteiger partial charge is 0.416 e. The lowest BCUT2D eigenvalue weighted by Gasteiger charge is -2.34. The molecular weight excluding hydrogens is 575 g/mol. The van der Waals surface area contributed by atoms with E-state index in [0.29, 0.717) is 44.1 Å². The van der Waals surface area contributed by atoms with Gasteiger partial charge in [-0.05, 0) is 44.0 Å². The minimum absolute atomic E-state index is 0.0181. The highest BCUT2D eigenvalue weighted by atomic mass is 19.4. The molecule has 0 aliphatic carbocycles. The maximum absolute atomic E-state index is 13.6. The molecule has 44 heavy (non-hydrogen) atoms. The Bertz CT molecular complexity index is 1460. The van der Waals surface area contributed by atoms with Gasteiger partial charge in [0.05, 0.1) is 29.2 Å². The van der Waals surface area contributed by atoms with Crippen molar-refractivity contribution >= 4 is 23.9 Å². The molecular formula is C33H36F3N3O5. The summed E-state index contributed by atoms with van der Waals surface area (Å²) < 4.78 is 51.6. The van der Waals surface area contributed by atoms with Gasteiger partial charge >= 0.3 is 18.1 Å². The van der Waals surface area contributed by atoms with Gasteiger partial charge < -0.3 is 19.7 Å². The Morgan fingerprint density at radius 1 is 0.909 bits per heavy atom. The zero-order chi connectivity index (χ0) is 31.9. The predicted octanol–water partition coefficient (Wildman–Crippen LogP) is 4.90. The van der Waals surface area contributed by atoms with E-state index in [1.54, 1.807) is 37.8 Å². The van der Waals surface area contributed by atoms with Crippen molar-refractivity contribution in [2.75, 3.05) is 45.9 Å². The molecule has 8 nitrogen and oxygen atoms in total. The van der Waals surface area contributed by atoms with Crippen molar-refractivity contribution in [1.29, 1.82) is 0 Å². The third kappa shape index (κ3) is 7.96. The number of alkyl halides is 3. The summed E-state index contributed by atoms with van der Waals surface area (Å²) in [5.74, 6) is -2.67. The summed E-state index contributed by atoms with van der Waals surface area (Å²) in [5.41, 5.74) is 1.01. The zero-order valence-corrected chi connectivity index (χ0v) is 24.9. The van der Waals surface area contributed by atoms with E-state index in [4.69, 9.17) is 9.47 Å². The van der Waals surface area contributed by atoms with E-state index in [1.807, 2.05) is 30.3 Å². The average Bonchev–Trinajstić information content (AvgIpc) is 3.00. The van der Waals surface area contributed by atoms with Crippen LogP contribution in [0.2, 0.25) is 0 Å². The summed E-state index contributed by atoms with van der Waals surface area (Å²) in [6, 6.07) is 14.1. The normalized spacial score (nSPS) is 18.0. The number of amides is 1. The van der Waals surface area contributed by atoms with Crippen molar-refractivity contribution in [3.8, 4) is 0 Å². The monoisotopic (exact) mass is 611 g/mol. The molecule has 4 rings (SSSR count). The first-order chi connectivity index (χ1) is 21.0. The first kappa shape index (κ1) is 32.5. The number of carbonyl (C=O) groups excluding carboxylic acids is 3. The molecule has 2 aliphatic heterocycles. The largest absolute Gasteiger partial charge is 0.463 e. The molecule has 1 amide bonds. The molecule has 1 fully saturated rings. The Kier molecular flexibility index (Phi) is 10.6. The van der Waals surface area contributed by atoms with E-state index in [-0.39, 0.29) is 35.8 Å². The van der Waals surface area contributed by atoms with Crippen molar-refractivity contribution in [1.82, 2.24) is 15.1 Å². The van der Waals surface area contributed by atoms with E-state index in [0.717, 1.165) is 17.7 Å². The topological polar surface area (TPSA) is 88.2 Å². The van der Waals surface area contributed by atoms with Crippen molar-refractivity contribution in [2.24, 2.45) is 0 Å². The maximum atomic E-state index is 13.6. The van der Waals surface area contributed by atoms with Gasteiger partial charge in [0.25, 0.3) is 0 Å². The van der Waals surface area contributed by atoms with Crippen LogP contribution >= 0.6 is 0 Å². The van der Waals surface area contributed by atoms with E-state index >= 15 is 0 Å². The highest BCUT2D eigenvalue weighted by Gasteiger charge is 2.39. The Balaban J connectivity index is 1.42. The molecule has 2 aliphatic rings. The molecule has 0 bridgehead atoms. The first-order valence-corrected chi connectivity index (χ1v) is 14.4. The molecule has 0 aromatic heterocycles. The van der Waals surface area contributed by atoms with E-state index in [2.05, 4.69) is 10.2 Å². The van der Waals surface area contributed by atoms with Gasteiger partial charge in [-0.15, -0.1) is 0 Å². The lowest BCUT2D eigenvalue weighted by Crippen LogP contribution is -2.49. The van der Waals surface area contributed by atoms with Crippen LogP contribution in [-0.4, -0.2) is 73.6 Å². The summed E-state index contributed by atoms with van der Waals surface area (Å²) in [5, 5.41) is 3.00. The van der Waals surface area contributed by atoms with E-state index in [9.17, 15) is 27.6 Å². The van der Waals surface area contributed by atoms with Crippen LogP contribution in [-0.2, 0) is 30.0 Å². The molecule has 0 spiro atoms. The summed E-state index contributed by atoms with van der Waals surface area (Å²) >= 11 is 0. The molecule has 2 aromatic carbocycles.